The average Bonchev–Trinajstić information content (AvgIpc) is 3.09. The Kier molecular flexibility index (Phi) is 5.95. The van der Waals surface area contributed by atoms with E-state index in [9.17, 15) is 14.9 Å². The lowest BCUT2D eigenvalue weighted by Gasteiger charge is -2.26. The smallest absolute Gasteiger partial charge is 0.269 e. The van der Waals surface area contributed by atoms with E-state index in [-0.39, 0.29) is 11.6 Å². The van der Waals surface area contributed by atoms with E-state index < -0.39 is 4.92 Å². The largest absolute Gasteiger partial charge is 0.490 e. The quantitative estimate of drug-likeness (QED) is 0.244. The highest BCUT2D eigenvalue weighted by atomic mass is 16.6. The molecule has 1 aliphatic heterocycles. The molecule has 0 bridgehead atoms. The Hall–Kier alpha value is -4.19. The van der Waals surface area contributed by atoms with Crippen molar-refractivity contribution in [3.63, 3.8) is 0 Å². The summed E-state index contributed by atoms with van der Waals surface area (Å²) in [6.07, 6.45) is 9.25. The summed E-state index contributed by atoms with van der Waals surface area (Å²) in [6.45, 7) is 0.475. The van der Waals surface area contributed by atoms with Gasteiger partial charge in [0.15, 0.2) is 0 Å². The number of ether oxygens (including phenoxy) is 1. The summed E-state index contributed by atoms with van der Waals surface area (Å²) in [6, 6.07) is 22.1. The number of nitro groups is 1. The number of fused-ring (bicyclic) bond motifs is 1. The lowest BCUT2D eigenvalue weighted by Crippen LogP contribution is -2.26. The van der Waals surface area contributed by atoms with E-state index in [1.807, 2.05) is 54.6 Å². The third-order valence-electron chi connectivity index (χ3n) is 6.24. The fourth-order valence-corrected chi connectivity index (χ4v) is 4.12. The van der Waals surface area contributed by atoms with Crippen molar-refractivity contribution in [2.45, 2.75) is 31.9 Å². The van der Waals surface area contributed by atoms with Gasteiger partial charge < -0.3 is 9.64 Å². The van der Waals surface area contributed by atoms with Gasteiger partial charge in [-0.15, -0.1) is 0 Å². The summed E-state index contributed by atoms with van der Waals surface area (Å²) in [7, 11) is 0. The highest BCUT2D eigenvalue weighted by Crippen LogP contribution is 2.37. The lowest BCUT2D eigenvalue weighted by molar-refractivity contribution is -0.384. The molecule has 6 nitrogen and oxygen atoms in total. The number of hydrogen-bond acceptors (Lipinski definition) is 4. The zero-order valence-electron chi connectivity index (χ0n) is 18.6. The van der Waals surface area contributed by atoms with E-state index in [1.54, 1.807) is 29.2 Å². The summed E-state index contributed by atoms with van der Waals surface area (Å²) in [5.74, 6) is 0.822. The van der Waals surface area contributed by atoms with Crippen LogP contribution in [0.2, 0.25) is 0 Å². The fourth-order valence-electron chi connectivity index (χ4n) is 4.12. The number of para-hydroxylation sites is 1. The van der Waals surface area contributed by atoms with Crippen LogP contribution in [0.5, 0.6) is 5.75 Å². The van der Waals surface area contributed by atoms with Crippen LogP contribution in [0.15, 0.2) is 84.9 Å². The Labute approximate surface area is 197 Å². The summed E-state index contributed by atoms with van der Waals surface area (Å²) < 4.78 is 5.94. The molecular formula is C28H24N2O4. The summed E-state index contributed by atoms with van der Waals surface area (Å²) in [4.78, 5) is 25.5. The molecule has 3 aromatic carbocycles. The second-order valence-electron chi connectivity index (χ2n) is 8.51. The number of carbonyl (C=O) groups is 1. The van der Waals surface area contributed by atoms with Crippen molar-refractivity contribution >= 4 is 28.9 Å². The highest BCUT2D eigenvalue weighted by molar-refractivity contribution is 6.32. The van der Waals surface area contributed by atoms with Crippen LogP contribution in [0.25, 0.3) is 11.6 Å². The maximum atomic E-state index is 13.3. The Morgan fingerprint density at radius 2 is 1.74 bits per heavy atom. The minimum Gasteiger partial charge on any atom is -0.490 e. The van der Waals surface area contributed by atoms with Gasteiger partial charge in [0, 0.05) is 23.3 Å². The third kappa shape index (κ3) is 4.48. The van der Waals surface area contributed by atoms with Crippen molar-refractivity contribution in [3.8, 4) is 5.75 Å². The van der Waals surface area contributed by atoms with Crippen LogP contribution in [-0.2, 0) is 11.3 Å². The van der Waals surface area contributed by atoms with Crippen molar-refractivity contribution < 1.29 is 14.5 Å². The van der Waals surface area contributed by atoms with E-state index in [1.165, 1.54) is 18.6 Å². The molecular weight excluding hydrogens is 428 g/mol. The molecule has 1 heterocycles. The molecule has 1 amide bonds. The van der Waals surface area contributed by atoms with Crippen molar-refractivity contribution in [1.29, 1.82) is 0 Å². The molecule has 34 heavy (non-hydrogen) atoms. The normalized spacial score (nSPS) is 16.6. The van der Waals surface area contributed by atoms with Crippen LogP contribution in [0.3, 0.4) is 0 Å². The molecule has 0 unspecified atom stereocenters. The van der Waals surface area contributed by atoms with Crippen molar-refractivity contribution in [1.82, 2.24) is 0 Å². The predicted molar refractivity (Wildman–Crippen MR) is 132 cm³/mol. The molecule has 0 radical (unpaired) electrons. The lowest BCUT2D eigenvalue weighted by atomic mass is 9.96. The molecule has 5 rings (SSSR count). The number of nitro benzene ring substituents is 1. The third-order valence-corrected chi connectivity index (χ3v) is 6.24. The fraction of sp³-hybridized carbons (Fsp3) is 0.179. The Balaban J connectivity index is 1.33. The molecule has 1 aliphatic carbocycles. The van der Waals surface area contributed by atoms with Gasteiger partial charge in [0.1, 0.15) is 5.75 Å². The van der Waals surface area contributed by atoms with Crippen molar-refractivity contribution in [3.05, 3.63) is 112 Å². The Morgan fingerprint density at radius 1 is 1.00 bits per heavy atom. The van der Waals surface area contributed by atoms with E-state index in [4.69, 9.17) is 4.74 Å². The minimum absolute atomic E-state index is 0.0497. The maximum Gasteiger partial charge on any atom is 0.269 e. The SMILES string of the molecule is O=C1/C(=C/C=C/c2ccc([N+](=O)[O-])cc2)c2ccccc2N1Cc1ccc(OC2CCC2)cc1. The maximum absolute atomic E-state index is 13.3. The minimum atomic E-state index is -0.423. The molecule has 3 aromatic rings. The van der Waals surface area contributed by atoms with Gasteiger partial charge in [-0.05, 0) is 66.8 Å². The monoisotopic (exact) mass is 452 g/mol. The van der Waals surface area contributed by atoms with Gasteiger partial charge in [-0.2, -0.15) is 0 Å². The number of hydrogen-bond donors (Lipinski definition) is 0. The molecule has 6 heteroatoms. The molecule has 0 spiro atoms. The number of anilines is 1. The van der Waals surface area contributed by atoms with E-state index in [0.717, 1.165) is 41.0 Å². The zero-order chi connectivity index (χ0) is 23.5. The number of nitrogens with zero attached hydrogens (tertiary/aromatic N) is 2. The van der Waals surface area contributed by atoms with Crippen LogP contribution in [0.4, 0.5) is 11.4 Å². The first-order valence-corrected chi connectivity index (χ1v) is 11.4. The zero-order valence-corrected chi connectivity index (χ0v) is 18.6. The van der Waals surface area contributed by atoms with E-state index in [0.29, 0.717) is 18.2 Å². The molecule has 1 fully saturated rings. The standard InChI is InChI=1S/C28H24N2O4/c31-28-26(9-3-5-20-11-15-22(16-12-20)30(32)33)25-8-1-2-10-27(25)29(28)19-21-13-17-24(18-14-21)34-23-6-4-7-23/h1-3,5,8-18,23H,4,6-7,19H2/b5-3+,26-9+. The second kappa shape index (κ2) is 9.35. The van der Waals surface area contributed by atoms with Gasteiger partial charge >= 0.3 is 0 Å². The van der Waals surface area contributed by atoms with Gasteiger partial charge in [-0.25, -0.2) is 0 Å². The number of non-ortho nitro benzene ring substituents is 1. The van der Waals surface area contributed by atoms with Gasteiger partial charge in [0.05, 0.1) is 23.3 Å². The molecule has 0 N–H and O–H groups in total. The molecule has 0 saturated heterocycles. The molecule has 0 atom stereocenters. The first-order chi connectivity index (χ1) is 16.6. The molecule has 0 aromatic heterocycles. The van der Waals surface area contributed by atoms with Crippen LogP contribution >= 0.6 is 0 Å². The average molecular weight is 453 g/mol. The highest BCUT2D eigenvalue weighted by Gasteiger charge is 2.31. The number of amides is 1. The topological polar surface area (TPSA) is 72.7 Å². The summed E-state index contributed by atoms with van der Waals surface area (Å²) in [5.41, 5.74) is 4.31. The summed E-state index contributed by atoms with van der Waals surface area (Å²) >= 11 is 0. The van der Waals surface area contributed by atoms with Crippen LogP contribution < -0.4 is 9.64 Å². The molecule has 1 saturated carbocycles. The predicted octanol–water partition coefficient (Wildman–Crippen LogP) is 6.17. The van der Waals surface area contributed by atoms with Crippen molar-refractivity contribution in [2.24, 2.45) is 0 Å². The van der Waals surface area contributed by atoms with Gasteiger partial charge in [0.2, 0.25) is 0 Å². The Morgan fingerprint density at radius 3 is 2.41 bits per heavy atom. The van der Waals surface area contributed by atoms with Gasteiger partial charge in [-0.1, -0.05) is 42.5 Å². The van der Waals surface area contributed by atoms with Crippen molar-refractivity contribution in [2.75, 3.05) is 4.90 Å². The Bertz CT molecular complexity index is 1270. The van der Waals surface area contributed by atoms with Gasteiger partial charge in [-0.3, -0.25) is 14.9 Å². The van der Waals surface area contributed by atoms with Gasteiger partial charge in [0.25, 0.3) is 11.6 Å². The van der Waals surface area contributed by atoms with Crippen LogP contribution in [0, 0.1) is 10.1 Å². The first-order valence-electron chi connectivity index (χ1n) is 11.4. The summed E-state index contributed by atoms with van der Waals surface area (Å²) in [5, 5.41) is 10.8. The van der Waals surface area contributed by atoms with E-state index >= 15 is 0 Å². The number of rotatable bonds is 7. The molecule has 2 aliphatic rings. The van der Waals surface area contributed by atoms with Crippen LogP contribution in [0.1, 0.15) is 36.0 Å². The van der Waals surface area contributed by atoms with Crippen LogP contribution in [-0.4, -0.2) is 16.9 Å². The van der Waals surface area contributed by atoms with E-state index in [2.05, 4.69) is 0 Å². The molecule has 170 valence electrons. The number of benzene rings is 3. The first kappa shape index (κ1) is 21.6. The number of allylic oxidation sites excluding steroid dienone is 2. The number of carbonyl (C=O) groups excluding carboxylic acids is 1. The second-order valence-corrected chi connectivity index (χ2v) is 8.51.